The summed E-state index contributed by atoms with van der Waals surface area (Å²) in [6.07, 6.45) is 1.70. The number of benzene rings is 1. The molecule has 1 heterocycles. The van der Waals surface area contributed by atoms with Crippen molar-refractivity contribution in [3.8, 4) is 6.07 Å². The molecule has 1 aromatic heterocycles. The molecule has 2 rings (SSSR count). The Morgan fingerprint density at radius 2 is 2.00 bits per heavy atom. The Hall–Kier alpha value is -1.53. The second-order valence-electron chi connectivity index (χ2n) is 4.84. The summed E-state index contributed by atoms with van der Waals surface area (Å²) in [5, 5.41) is 10.0. The van der Waals surface area contributed by atoms with Crippen LogP contribution < -0.4 is 0 Å². The monoisotopic (exact) mass is 242 g/mol. The maximum Gasteiger partial charge on any atom is 0.0999 e. The molecule has 17 heavy (non-hydrogen) atoms. The van der Waals surface area contributed by atoms with Crippen LogP contribution in [0.15, 0.2) is 35.4 Å². The molecule has 2 nitrogen and oxygen atoms in total. The van der Waals surface area contributed by atoms with Crippen molar-refractivity contribution in [2.24, 2.45) is 0 Å². The first-order chi connectivity index (χ1) is 8.01. The van der Waals surface area contributed by atoms with Crippen molar-refractivity contribution in [2.45, 2.75) is 30.4 Å². The highest BCUT2D eigenvalue weighted by atomic mass is 32.2. The number of hydrogen-bond acceptors (Lipinski definition) is 3. The van der Waals surface area contributed by atoms with Crippen LogP contribution in [-0.2, 0) is 0 Å². The molecule has 0 aliphatic carbocycles. The SMILES string of the molecule is CC(C)(C)Sc1cccc2c(C#N)ccnc12. The van der Waals surface area contributed by atoms with Crippen molar-refractivity contribution in [1.82, 2.24) is 4.98 Å². The third-order valence-electron chi connectivity index (χ3n) is 2.27. The molecular formula is C14H14N2S. The molecule has 0 saturated carbocycles. The molecule has 0 amide bonds. The normalized spacial score (nSPS) is 11.4. The van der Waals surface area contributed by atoms with Gasteiger partial charge >= 0.3 is 0 Å². The summed E-state index contributed by atoms with van der Waals surface area (Å²) in [7, 11) is 0. The fraction of sp³-hybridized carbons (Fsp3) is 0.286. The highest BCUT2D eigenvalue weighted by molar-refractivity contribution is 8.00. The summed E-state index contributed by atoms with van der Waals surface area (Å²) in [6, 6.07) is 9.97. The van der Waals surface area contributed by atoms with Crippen LogP contribution in [-0.4, -0.2) is 9.73 Å². The summed E-state index contributed by atoms with van der Waals surface area (Å²) >= 11 is 1.78. The molecule has 0 saturated heterocycles. The van der Waals surface area contributed by atoms with Gasteiger partial charge in [-0.25, -0.2) is 0 Å². The first kappa shape index (κ1) is 11.9. The van der Waals surface area contributed by atoms with E-state index in [1.807, 2.05) is 12.1 Å². The molecule has 0 fully saturated rings. The first-order valence-electron chi connectivity index (χ1n) is 5.48. The molecule has 0 unspecified atom stereocenters. The van der Waals surface area contributed by atoms with Crippen LogP contribution in [0.2, 0.25) is 0 Å². The maximum absolute atomic E-state index is 9.07. The molecule has 0 bridgehead atoms. The zero-order chi connectivity index (χ0) is 12.5. The largest absolute Gasteiger partial charge is 0.255 e. The van der Waals surface area contributed by atoms with Crippen molar-refractivity contribution < 1.29 is 0 Å². The average molecular weight is 242 g/mol. The number of rotatable bonds is 1. The Bertz CT molecular complexity index is 591. The van der Waals surface area contributed by atoms with Gasteiger partial charge in [-0.3, -0.25) is 4.98 Å². The zero-order valence-corrected chi connectivity index (χ0v) is 11.0. The molecule has 0 aliphatic rings. The lowest BCUT2D eigenvalue weighted by Gasteiger charge is -2.18. The number of aromatic nitrogens is 1. The van der Waals surface area contributed by atoms with Crippen LogP contribution in [0, 0.1) is 11.3 Å². The highest BCUT2D eigenvalue weighted by Crippen LogP contribution is 2.36. The molecule has 0 N–H and O–H groups in total. The fourth-order valence-corrected chi connectivity index (χ4v) is 2.72. The number of fused-ring (bicyclic) bond motifs is 1. The summed E-state index contributed by atoms with van der Waals surface area (Å²) in [5.41, 5.74) is 1.61. The number of nitrogens with zero attached hydrogens (tertiary/aromatic N) is 2. The number of hydrogen-bond donors (Lipinski definition) is 0. The van der Waals surface area contributed by atoms with Crippen molar-refractivity contribution in [3.05, 3.63) is 36.0 Å². The Labute approximate surface area is 106 Å². The standard InChI is InChI=1S/C14H14N2S/c1-14(2,3)17-12-6-4-5-11-10(9-15)7-8-16-13(11)12/h4-8H,1-3H3. The molecule has 86 valence electrons. The van der Waals surface area contributed by atoms with Crippen molar-refractivity contribution in [1.29, 1.82) is 5.26 Å². The van der Waals surface area contributed by atoms with E-state index in [0.29, 0.717) is 5.56 Å². The minimum Gasteiger partial charge on any atom is -0.255 e. The maximum atomic E-state index is 9.07. The number of pyridine rings is 1. The predicted octanol–water partition coefficient (Wildman–Crippen LogP) is 4.00. The number of thioether (sulfide) groups is 1. The second-order valence-corrected chi connectivity index (χ2v) is 6.71. The molecule has 0 aliphatic heterocycles. The third kappa shape index (κ3) is 2.59. The molecule has 1 aromatic carbocycles. The lowest BCUT2D eigenvalue weighted by Crippen LogP contribution is -2.06. The Morgan fingerprint density at radius 3 is 2.65 bits per heavy atom. The van der Waals surface area contributed by atoms with Crippen LogP contribution in [0.3, 0.4) is 0 Å². The van der Waals surface area contributed by atoms with Gasteiger partial charge in [-0.15, -0.1) is 11.8 Å². The van der Waals surface area contributed by atoms with Crippen LogP contribution in [0.25, 0.3) is 10.9 Å². The van der Waals surface area contributed by atoms with Crippen molar-refractivity contribution >= 4 is 22.7 Å². The van der Waals surface area contributed by atoms with E-state index in [4.69, 9.17) is 5.26 Å². The van der Waals surface area contributed by atoms with E-state index < -0.39 is 0 Å². The quantitative estimate of drug-likeness (QED) is 0.709. The van der Waals surface area contributed by atoms with Crippen LogP contribution in [0.4, 0.5) is 0 Å². The third-order valence-corrected chi connectivity index (χ3v) is 3.43. The summed E-state index contributed by atoms with van der Waals surface area (Å²) in [6.45, 7) is 6.51. The lowest BCUT2D eigenvalue weighted by molar-refractivity contribution is 0.803. The summed E-state index contributed by atoms with van der Waals surface area (Å²) in [4.78, 5) is 5.53. The van der Waals surface area contributed by atoms with Gasteiger partial charge < -0.3 is 0 Å². The van der Waals surface area contributed by atoms with Gasteiger partial charge in [0.15, 0.2) is 0 Å². The Balaban J connectivity index is 2.63. The predicted molar refractivity (Wildman–Crippen MR) is 72.1 cm³/mol. The van der Waals surface area contributed by atoms with Crippen molar-refractivity contribution in [2.75, 3.05) is 0 Å². The highest BCUT2D eigenvalue weighted by Gasteiger charge is 2.15. The minimum atomic E-state index is 0.138. The molecule has 0 atom stereocenters. The van der Waals surface area contributed by atoms with E-state index in [1.165, 1.54) is 0 Å². The fourth-order valence-electron chi connectivity index (χ4n) is 1.66. The van der Waals surface area contributed by atoms with Gasteiger partial charge in [0.25, 0.3) is 0 Å². The van der Waals surface area contributed by atoms with Gasteiger partial charge in [0.2, 0.25) is 0 Å². The van der Waals surface area contributed by atoms with Gasteiger partial charge in [0.1, 0.15) is 0 Å². The van der Waals surface area contributed by atoms with E-state index in [-0.39, 0.29) is 4.75 Å². The molecular weight excluding hydrogens is 228 g/mol. The van der Waals surface area contributed by atoms with Gasteiger partial charge in [-0.05, 0) is 12.1 Å². The van der Waals surface area contributed by atoms with E-state index in [1.54, 1.807) is 24.0 Å². The van der Waals surface area contributed by atoms with Crippen molar-refractivity contribution in [3.63, 3.8) is 0 Å². The van der Waals surface area contributed by atoms with E-state index in [0.717, 1.165) is 15.8 Å². The van der Waals surface area contributed by atoms with Gasteiger partial charge in [-0.2, -0.15) is 5.26 Å². The van der Waals surface area contributed by atoms with E-state index in [2.05, 4.69) is 37.9 Å². The summed E-state index contributed by atoms with van der Waals surface area (Å²) < 4.78 is 0.138. The first-order valence-corrected chi connectivity index (χ1v) is 6.30. The number of para-hydroxylation sites is 1. The van der Waals surface area contributed by atoms with E-state index >= 15 is 0 Å². The average Bonchev–Trinajstić information content (AvgIpc) is 2.27. The zero-order valence-electron chi connectivity index (χ0n) is 10.2. The Morgan fingerprint density at radius 1 is 1.24 bits per heavy atom. The van der Waals surface area contributed by atoms with E-state index in [9.17, 15) is 0 Å². The molecule has 0 spiro atoms. The second kappa shape index (κ2) is 4.38. The van der Waals surface area contributed by atoms with Gasteiger partial charge in [-0.1, -0.05) is 32.9 Å². The topological polar surface area (TPSA) is 36.7 Å². The number of nitriles is 1. The van der Waals surface area contributed by atoms with Crippen LogP contribution in [0.1, 0.15) is 26.3 Å². The van der Waals surface area contributed by atoms with Crippen LogP contribution >= 0.6 is 11.8 Å². The molecule has 2 aromatic rings. The molecule has 0 radical (unpaired) electrons. The Kier molecular flexibility index (Phi) is 3.08. The lowest BCUT2D eigenvalue weighted by atomic mass is 10.1. The van der Waals surface area contributed by atoms with Crippen LogP contribution in [0.5, 0.6) is 0 Å². The smallest absolute Gasteiger partial charge is 0.0999 e. The van der Waals surface area contributed by atoms with Gasteiger partial charge in [0.05, 0.1) is 17.1 Å². The van der Waals surface area contributed by atoms with Gasteiger partial charge in [0, 0.05) is 21.2 Å². The molecule has 3 heteroatoms. The summed E-state index contributed by atoms with van der Waals surface area (Å²) in [5.74, 6) is 0. The minimum absolute atomic E-state index is 0.138.